The monoisotopic (exact) mass is 172 g/mol. The normalized spacial score (nSPS) is 16.9. The fourth-order valence-corrected chi connectivity index (χ4v) is 1.51. The lowest BCUT2D eigenvalue weighted by molar-refractivity contribution is -0.103. The zero-order valence-electron chi connectivity index (χ0n) is 6.90. The third kappa shape index (κ3) is 1.07. The number of aliphatic hydroxyl groups is 1. The van der Waals surface area contributed by atoms with Crippen LogP contribution in [0.25, 0.3) is 11.1 Å². The highest BCUT2D eigenvalue weighted by Gasteiger charge is 2.16. The molecule has 0 amide bonds. The molecular formula is C11H8O2. The predicted octanol–water partition coefficient (Wildman–Crippen LogP) is 2.18. The first-order valence-corrected chi connectivity index (χ1v) is 3.98. The summed E-state index contributed by atoms with van der Waals surface area (Å²) in [6, 6.07) is 7.50. The van der Waals surface area contributed by atoms with Gasteiger partial charge in [0.05, 0.1) is 6.26 Å². The van der Waals surface area contributed by atoms with Gasteiger partial charge in [0.15, 0.2) is 6.29 Å². The van der Waals surface area contributed by atoms with Crippen LogP contribution >= 0.6 is 0 Å². The van der Waals surface area contributed by atoms with Crippen molar-refractivity contribution in [1.29, 1.82) is 0 Å². The van der Waals surface area contributed by atoms with Crippen LogP contribution in [-0.4, -0.2) is 11.4 Å². The molecule has 0 heterocycles. The molecule has 0 aliphatic heterocycles. The molecule has 0 spiro atoms. The van der Waals surface area contributed by atoms with Gasteiger partial charge in [-0.3, -0.25) is 4.79 Å². The average molecular weight is 172 g/mol. The van der Waals surface area contributed by atoms with E-state index >= 15 is 0 Å². The molecule has 0 fully saturated rings. The van der Waals surface area contributed by atoms with Crippen LogP contribution in [0.5, 0.6) is 0 Å². The van der Waals surface area contributed by atoms with Gasteiger partial charge in [0.25, 0.3) is 0 Å². The van der Waals surface area contributed by atoms with Gasteiger partial charge >= 0.3 is 0 Å². The Morgan fingerprint density at radius 2 is 1.85 bits per heavy atom. The van der Waals surface area contributed by atoms with Crippen LogP contribution in [0, 0.1) is 0 Å². The minimum absolute atomic E-state index is 0.621. The van der Waals surface area contributed by atoms with E-state index in [2.05, 4.69) is 0 Å². The SMILES string of the molecule is O=CC1=CC(=CO)c2ccccc21. The quantitative estimate of drug-likeness (QED) is 0.520. The van der Waals surface area contributed by atoms with Gasteiger partial charge < -0.3 is 5.11 Å². The molecule has 0 saturated heterocycles. The molecule has 1 aromatic carbocycles. The Morgan fingerprint density at radius 1 is 1.15 bits per heavy atom. The molecule has 0 radical (unpaired) electrons. The Kier molecular flexibility index (Phi) is 1.74. The number of hydrogen-bond acceptors (Lipinski definition) is 2. The van der Waals surface area contributed by atoms with E-state index in [1.807, 2.05) is 24.3 Å². The topological polar surface area (TPSA) is 37.3 Å². The number of carbonyl (C=O) groups is 1. The Labute approximate surface area is 75.8 Å². The number of hydrogen-bond donors (Lipinski definition) is 1. The summed E-state index contributed by atoms with van der Waals surface area (Å²) in [5.41, 5.74) is 3.11. The lowest BCUT2D eigenvalue weighted by atomic mass is 10.1. The highest BCUT2D eigenvalue weighted by Crippen LogP contribution is 2.33. The predicted molar refractivity (Wildman–Crippen MR) is 51.1 cm³/mol. The van der Waals surface area contributed by atoms with Crippen molar-refractivity contribution in [2.24, 2.45) is 0 Å². The van der Waals surface area contributed by atoms with Gasteiger partial charge in [-0.1, -0.05) is 24.3 Å². The summed E-state index contributed by atoms with van der Waals surface area (Å²) in [4.78, 5) is 10.7. The van der Waals surface area contributed by atoms with Crippen LogP contribution in [0.2, 0.25) is 0 Å². The first-order valence-electron chi connectivity index (χ1n) is 3.98. The number of benzene rings is 1. The molecule has 1 aliphatic rings. The molecule has 0 atom stereocenters. The number of allylic oxidation sites excluding steroid dienone is 3. The summed E-state index contributed by atoms with van der Waals surface area (Å²) >= 11 is 0. The van der Waals surface area contributed by atoms with E-state index in [-0.39, 0.29) is 0 Å². The van der Waals surface area contributed by atoms with E-state index in [9.17, 15) is 4.79 Å². The van der Waals surface area contributed by atoms with Crippen LogP contribution in [0.1, 0.15) is 11.1 Å². The van der Waals surface area contributed by atoms with Gasteiger partial charge in [-0.15, -0.1) is 0 Å². The summed E-state index contributed by atoms with van der Waals surface area (Å²) in [5, 5.41) is 8.90. The van der Waals surface area contributed by atoms with Crippen molar-refractivity contribution in [3.63, 3.8) is 0 Å². The van der Waals surface area contributed by atoms with Crippen LogP contribution in [-0.2, 0) is 4.79 Å². The lowest BCUT2D eigenvalue weighted by Crippen LogP contribution is -1.83. The standard InChI is InChI=1S/C11H8O2/c12-6-8-5-9(7-13)11-4-2-1-3-10(8)11/h1-7,12H. The maximum absolute atomic E-state index is 10.7. The van der Waals surface area contributed by atoms with E-state index in [0.29, 0.717) is 11.1 Å². The van der Waals surface area contributed by atoms with Crippen molar-refractivity contribution in [3.05, 3.63) is 47.7 Å². The van der Waals surface area contributed by atoms with Crippen LogP contribution in [0.15, 0.2) is 36.6 Å². The van der Waals surface area contributed by atoms with Gasteiger partial charge in [-0.05, 0) is 17.2 Å². The van der Waals surface area contributed by atoms with E-state index in [1.54, 1.807) is 6.08 Å². The van der Waals surface area contributed by atoms with Crippen molar-refractivity contribution in [1.82, 2.24) is 0 Å². The minimum Gasteiger partial charge on any atom is -0.515 e. The molecule has 13 heavy (non-hydrogen) atoms. The summed E-state index contributed by atoms with van der Waals surface area (Å²) < 4.78 is 0. The molecule has 1 aromatic rings. The Bertz CT molecular complexity index is 414. The maximum Gasteiger partial charge on any atom is 0.150 e. The Balaban J connectivity index is 2.67. The van der Waals surface area contributed by atoms with Crippen molar-refractivity contribution in [3.8, 4) is 0 Å². The van der Waals surface area contributed by atoms with Crippen molar-refractivity contribution in [2.75, 3.05) is 0 Å². The van der Waals surface area contributed by atoms with E-state index in [1.165, 1.54) is 0 Å². The maximum atomic E-state index is 10.7. The lowest BCUT2D eigenvalue weighted by Gasteiger charge is -1.98. The van der Waals surface area contributed by atoms with Crippen molar-refractivity contribution in [2.45, 2.75) is 0 Å². The van der Waals surface area contributed by atoms with E-state index < -0.39 is 0 Å². The van der Waals surface area contributed by atoms with Gasteiger partial charge in [0.2, 0.25) is 0 Å². The smallest absolute Gasteiger partial charge is 0.150 e. The molecule has 2 rings (SSSR count). The number of rotatable bonds is 1. The molecule has 1 N–H and O–H groups in total. The zero-order chi connectivity index (χ0) is 9.26. The number of carbonyl (C=O) groups excluding carboxylic acids is 1. The third-order valence-electron chi connectivity index (χ3n) is 2.13. The van der Waals surface area contributed by atoms with Crippen LogP contribution in [0.4, 0.5) is 0 Å². The van der Waals surface area contributed by atoms with Crippen LogP contribution in [0.3, 0.4) is 0 Å². The second-order valence-electron chi connectivity index (χ2n) is 2.85. The summed E-state index contributed by atoms with van der Waals surface area (Å²) in [5.74, 6) is 0. The van der Waals surface area contributed by atoms with E-state index in [0.717, 1.165) is 23.7 Å². The van der Waals surface area contributed by atoms with Gasteiger partial charge in [-0.2, -0.15) is 0 Å². The molecular weight excluding hydrogens is 164 g/mol. The average Bonchev–Trinajstić information content (AvgIpc) is 2.56. The largest absolute Gasteiger partial charge is 0.515 e. The molecule has 0 bridgehead atoms. The second-order valence-corrected chi connectivity index (χ2v) is 2.85. The van der Waals surface area contributed by atoms with Crippen molar-refractivity contribution < 1.29 is 9.90 Å². The summed E-state index contributed by atoms with van der Waals surface area (Å²) in [7, 11) is 0. The highest BCUT2D eigenvalue weighted by atomic mass is 16.2. The molecule has 0 saturated carbocycles. The zero-order valence-corrected chi connectivity index (χ0v) is 6.90. The summed E-state index contributed by atoms with van der Waals surface area (Å²) in [6.45, 7) is 0. The summed E-state index contributed by atoms with van der Waals surface area (Å²) in [6.07, 6.45) is 3.50. The fourth-order valence-electron chi connectivity index (χ4n) is 1.51. The van der Waals surface area contributed by atoms with Crippen LogP contribution < -0.4 is 0 Å². The van der Waals surface area contributed by atoms with Gasteiger partial charge in [0, 0.05) is 11.1 Å². The fraction of sp³-hybridized carbons (Fsp3) is 0. The second kappa shape index (κ2) is 2.90. The number of aliphatic hydroxyl groups excluding tert-OH is 1. The molecule has 0 aromatic heterocycles. The molecule has 2 heteroatoms. The first-order chi connectivity index (χ1) is 6.36. The first kappa shape index (κ1) is 7.80. The van der Waals surface area contributed by atoms with Gasteiger partial charge in [-0.25, -0.2) is 0 Å². The third-order valence-corrected chi connectivity index (χ3v) is 2.13. The molecule has 64 valence electrons. The Morgan fingerprint density at radius 3 is 2.46 bits per heavy atom. The molecule has 2 nitrogen and oxygen atoms in total. The molecule has 0 unspecified atom stereocenters. The van der Waals surface area contributed by atoms with Crippen molar-refractivity contribution >= 4 is 17.4 Å². The Hall–Kier alpha value is -1.83. The van der Waals surface area contributed by atoms with E-state index in [4.69, 9.17) is 5.11 Å². The highest BCUT2D eigenvalue weighted by molar-refractivity contribution is 6.16. The van der Waals surface area contributed by atoms with Gasteiger partial charge in [0.1, 0.15) is 0 Å². The number of aldehydes is 1. The minimum atomic E-state index is 0.621. The number of fused-ring (bicyclic) bond motifs is 1. The molecule has 1 aliphatic carbocycles.